The number of benzene rings is 7. The number of sulfonamides is 2. The van der Waals surface area contributed by atoms with E-state index in [0.29, 0.717) is 64.2 Å². The number of ether oxygens (including phenoxy) is 3. The first-order valence-corrected chi connectivity index (χ1v) is 32.8. The third-order valence-electron chi connectivity index (χ3n) is 16.8. The van der Waals surface area contributed by atoms with Crippen LogP contribution in [0.1, 0.15) is 99.4 Å². The lowest BCUT2D eigenvalue weighted by molar-refractivity contribution is -0.122. The van der Waals surface area contributed by atoms with E-state index in [0.717, 1.165) is 63.6 Å². The SMILES string of the molecule is O=C(O)c1ccc(N(Cc2ccc(C3CCOCC3)cc2)C(=O)[C@H]2CCCN2S(=O)(=O)c2c(F)c(F)c(F)c(F)c2F)c(F)c1.O=C(OCc1ccccc1)c1ccc(N(Cc2ccc(C3=CCOCC3)cc2)C(=O)[C@H]2CCCN2S(=O)(=O)c2c(F)c(F)c(F)c(F)c2F)c(F)c1. The predicted molar refractivity (Wildman–Crippen MR) is 323 cm³/mol. The van der Waals surface area contributed by atoms with Crippen molar-refractivity contribution in [2.75, 3.05) is 49.3 Å². The molecule has 2 atom stereocenters. The Kier molecular flexibility index (Phi) is 21.8. The minimum Gasteiger partial charge on any atom is -0.478 e. The molecule has 0 bridgehead atoms. The van der Waals surface area contributed by atoms with Gasteiger partial charge in [-0.25, -0.2) is 79.1 Å². The Hall–Kier alpha value is -8.94. The second-order valence-electron chi connectivity index (χ2n) is 22.8. The van der Waals surface area contributed by atoms with Crippen LogP contribution in [0.15, 0.2) is 131 Å². The number of amides is 2. The summed E-state index contributed by atoms with van der Waals surface area (Å²) in [7, 11) is -11.0. The highest BCUT2D eigenvalue weighted by atomic mass is 32.2. The Labute approximate surface area is 547 Å². The molecule has 4 aliphatic heterocycles. The van der Waals surface area contributed by atoms with Crippen LogP contribution in [0.5, 0.6) is 0 Å². The molecule has 97 heavy (non-hydrogen) atoms. The third-order valence-corrected chi connectivity index (χ3v) is 20.7. The average molecular weight is 1400 g/mol. The molecular formula is C67H56F12N4O12S2. The molecule has 3 fully saturated rings. The van der Waals surface area contributed by atoms with Crippen LogP contribution in [-0.2, 0) is 63.5 Å². The summed E-state index contributed by atoms with van der Waals surface area (Å²) < 4.78 is 244. The highest BCUT2D eigenvalue weighted by Crippen LogP contribution is 2.38. The lowest BCUT2D eigenvalue weighted by Gasteiger charge is -2.30. The summed E-state index contributed by atoms with van der Waals surface area (Å²) >= 11 is 0. The van der Waals surface area contributed by atoms with E-state index in [1.807, 2.05) is 18.2 Å². The lowest BCUT2D eigenvalue weighted by atomic mass is 9.91. The smallest absolute Gasteiger partial charge is 0.338 e. The van der Waals surface area contributed by atoms with Crippen LogP contribution in [0.4, 0.5) is 64.1 Å². The first-order chi connectivity index (χ1) is 46.2. The summed E-state index contributed by atoms with van der Waals surface area (Å²) in [5, 5.41) is 9.26. The van der Waals surface area contributed by atoms with Crippen molar-refractivity contribution < 1.29 is 108 Å². The highest BCUT2D eigenvalue weighted by molar-refractivity contribution is 7.89. The Balaban J connectivity index is 0.000000213. The van der Waals surface area contributed by atoms with Gasteiger partial charge in [0.1, 0.15) is 30.3 Å². The van der Waals surface area contributed by atoms with Gasteiger partial charge in [0.2, 0.25) is 43.5 Å². The molecule has 0 saturated carbocycles. The van der Waals surface area contributed by atoms with E-state index >= 15 is 8.78 Å². The van der Waals surface area contributed by atoms with Gasteiger partial charge in [-0.15, -0.1) is 0 Å². The van der Waals surface area contributed by atoms with Gasteiger partial charge in [-0.3, -0.25) is 9.59 Å². The fraction of sp³-hybridized carbons (Fsp3) is 0.284. The summed E-state index contributed by atoms with van der Waals surface area (Å²) in [4.78, 5) is 50.0. The molecule has 30 heteroatoms. The molecular weight excluding hydrogens is 1340 g/mol. The van der Waals surface area contributed by atoms with Gasteiger partial charge in [0.15, 0.2) is 56.3 Å². The largest absolute Gasteiger partial charge is 0.478 e. The van der Waals surface area contributed by atoms with Crippen LogP contribution >= 0.6 is 0 Å². The minimum atomic E-state index is -5.50. The summed E-state index contributed by atoms with van der Waals surface area (Å²) in [5.41, 5.74) is 3.15. The van der Waals surface area contributed by atoms with E-state index in [2.05, 4.69) is 0 Å². The van der Waals surface area contributed by atoms with Crippen molar-refractivity contribution in [3.05, 3.63) is 230 Å². The van der Waals surface area contributed by atoms with E-state index in [4.69, 9.17) is 14.2 Å². The molecule has 7 aromatic carbocycles. The van der Waals surface area contributed by atoms with Crippen molar-refractivity contribution in [3.8, 4) is 0 Å². The quantitative estimate of drug-likeness (QED) is 0.0370. The monoisotopic (exact) mass is 1400 g/mol. The number of esters is 1. The highest BCUT2D eigenvalue weighted by Gasteiger charge is 2.48. The third kappa shape index (κ3) is 14.8. The number of carboxylic acids is 1. The number of carbonyl (C=O) groups is 4. The van der Waals surface area contributed by atoms with Crippen LogP contribution in [0.2, 0.25) is 0 Å². The van der Waals surface area contributed by atoms with Gasteiger partial charge < -0.3 is 29.1 Å². The molecule has 512 valence electrons. The van der Waals surface area contributed by atoms with Crippen molar-refractivity contribution in [2.24, 2.45) is 0 Å². The number of hydrogen-bond acceptors (Lipinski definition) is 11. The number of carboxylic acid groups (broad SMARTS) is 1. The fourth-order valence-corrected chi connectivity index (χ4v) is 15.3. The van der Waals surface area contributed by atoms with Crippen LogP contribution < -0.4 is 9.80 Å². The van der Waals surface area contributed by atoms with Crippen LogP contribution in [0.3, 0.4) is 0 Å². The number of hydrogen-bond donors (Lipinski definition) is 1. The molecule has 0 aliphatic carbocycles. The maximum Gasteiger partial charge on any atom is 0.338 e. The van der Waals surface area contributed by atoms with E-state index in [1.165, 1.54) is 6.07 Å². The first kappa shape index (κ1) is 70.8. The van der Waals surface area contributed by atoms with Crippen molar-refractivity contribution >= 4 is 60.7 Å². The molecule has 1 N–H and O–H groups in total. The summed E-state index contributed by atoms with van der Waals surface area (Å²) in [6, 6.07) is 25.2. The number of rotatable bonds is 18. The number of carbonyl (C=O) groups excluding carboxylic acids is 3. The van der Waals surface area contributed by atoms with Crippen LogP contribution in [-0.4, -0.2) is 106 Å². The normalized spacial score (nSPS) is 17.1. The van der Waals surface area contributed by atoms with Crippen molar-refractivity contribution in [2.45, 2.75) is 92.4 Å². The molecule has 0 aromatic heterocycles. The second kappa shape index (κ2) is 29.8. The van der Waals surface area contributed by atoms with Crippen LogP contribution in [0, 0.1) is 69.8 Å². The molecule has 4 heterocycles. The van der Waals surface area contributed by atoms with E-state index < -0.39 is 160 Å². The number of anilines is 2. The Morgan fingerprint density at radius 2 is 0.948 bits per heavy atom. The van der Waals surface area contributed by atoms with Gasteiger partial charge >= 0.3 is 11.9 Å². The molecule has 0 unspecified atom stereocenters. The molecule has 7 aromatic rings. The van der Waals surface area contributed by atoms with E-state index in [-0.39, 0.29) is 62.5 Å². The number of nitrogens with zero attached hydrogens (tertiary/aromatic N) is 4. The van der Waals surface area contributed by atoms with E-state index in [1.54, 1.807) is 66.7 Å². The van der Waals surface area contributed by atoms with Gasteiger partial charge in [0.05, 0.1) is 48.8 Å². The van der Waals surface area contributed by atoms with Gasteiger partial charge in [0.25, 0.3) is 0 Å². The number of halogens is 12. The molecule has 11 rings (SSSR count). The van der Waals surface area contributed by atoms with Crippen molar-refractivity contribution in [1.82, 2.24) is 8.61 Å². The second-order valence-corrected chi connectivity index (χ2v) is 26.4. The Bertz CT molecular complexity index is 4400. The summed E-state index contributed by atoms with van der Waals surface area (Å²) in [6.45, 7) is 0.421. The zero-order valence-electron chi connectivity index (χ0n) is 50.7. The standard InChI is InChI=1S/C37H30F6N2O6S.C30H26F6N2O6S/c38-27-19-26(37(47)51-21-23-5-2-1-3-6-23)12-13-28(27)44(20-22-8-10-24(11-9-22)25-14-17-50-18-15-25)36(46)29-7-4-16-45(29)52(48,49)35-33(42)31(40)30(39)32(41)34(35)43;31-20-14-19(30(40)41)7-8-21(20)37(15-16-3-5-17(6-4-16)18-9-12-44-13-10-18)29(39)22-2-1-11-38(22)45(42,43)28-26(35)24(33)23(32)25(34)27(28)36/h1-3,5-6,8-14,19,29H,4,7,15-18,20-21H2;3-8,14,18,22H,1-2,9-13,15H2,(H,40,41)/t29-;22-/m11/s1. The maximum atomic E-state index is 15.9. The van der Waals surface area contributed by atoms with Gasteiger partial charge in [-0.2, -0.15) is 8.61 Å². The Morgan fingerprint density at radius 1 is 0.505 bits per heavy atom. The zero-order chi connectivity index (χ0) is 69.8. The summed E-state index contributed by atoms with van der Waals surface area (Å²) in [5.74, 6) is -31.6. The zero-order valence-corrected chi connectivity index (χ0v) is 52.3. The molecule has 3 saturated heterocycles. The first-order valence-electron chi connectivity index (χ1n) is 30.0. The molecule has 4 aliphatic rings. The van der Waals surface area contributed by atoms with Gasteiger partial charge in [-0.05, 0) is 121 Å². The van der Waals surface area contributed by atoms with Crippen LogP contribution in [0.25, 0.3) is 5.57 Å². The number of aromatic carboxylic acids is 1. The van der Waals surface area contributed by atoms with Gasteiger partial charge in [-0.1, -0.05) is 84.9 Å². The summed E-state index contributed by atoms with van der Waals surface area (Å²) in [6.07, 6.45) is 3.71. The fourth-order valence-electron chi connectivity index (χ4n) is 11.8. The van der Waals surface area contributed by atoms with E-state index in [9.17, 15) is 85.0 Å². The predicted octanol–water partition coefficient (Wildman–Crippen LogP) is 12.6. The minimum absolute atomic E-state index is 0.0267. The van der Waals surface area contributed by atoms with Crippen molar-refractivity contribution in [3.63, 3.8) is 0 Å². The maximum absolute atomic E-state index is 15.9. The molecule has 0 spiro atoms. The van der Waals surface area contributed by atoms with Gasteiger partial charge in [0, 0.05) is 26.3 Å². The molecule has 16 nitrogen and oxygen atoms in total. The average Bonchev–Trinajstić information content (AvgIpc) is 1.74. The topological polar surface area (TPSA) is 197 Å². The Morgan fingerprint density at radius 3 is 1.39 bits per heavy atom. The van der Waals surface area contributed by atoms with Crippen molar-refractivity contribution in [1.29, 1.82) is 0 Å². The lowest BCUT2D eigenvalue weighted by Crippen LogP contribution is -2.48. The molecule has 2 amide bonds. The molecule has 0 radical (unpaired) electrons.